The molecule has 0 spiro atoms. The van der Waals surface area contributed by atoms with E-state index >= 15 is 0 Å². The standard InChI is InChI=1S/C9H10BrNO2/c1-2-4-7-8(10)5-3-6-9(7)11(12)13/h3,5-6H,2,4H2,1H3. The van der Waals surface area contributed by atoms with Gasteiger partial charge in [0.15, 0.2) is 0 Å². The Morgan fingerprint density at radius 2 is 2.23 bits per heavy atom. The Labute approximate surface area is 85.0 Å². The second-order valence-corrected chi connectivity index (χ2v) is 3.60. The summed E-state index contributed by atoms with van der Waals surface area (Å²) in [7, 11) is 0. The Morgan fingerprint density at radius 1 is 1.54 bits per heavy atom. The fraction of sp³-hybridized carbons (Fsp3) is 0.333. The monoisotopic (exact) mass is 243 g/mol. The molecule has 1 rings (SSSR count). The Hall–Kier alpha value is -0.900. The van der Waals surface area contributed by atoms with Crippen LogP contribution in [0.25, 0.3) is 0 Å². The van der Waals surface area contributed by atoms with E-state index < -0.39 is 0 Å². The van der Waals surface area contributed by atoms with Gasteiger partial charge in [-0.2, -0.15) is 0 Å². The van der Waals surface area contributed by atoms with E-state index in [2.05, 4.69) is 15.9 Å². The van der Waals surface area contributed by atoms with E-state index in [0.29, 0.717) is 0 Å². The largest absolute Gasteiger partial charge is 0.273 e. The van der Waals surface area contributed by atoms with Crippen molar-refractivity contribution in [3.63, 3.8) is 0 Å². The molecule has 0 aliphatic carbocycles. The highest BCUT2D eigenvalue weighted by Gasteiger charge is 2.14. The fourth-order valence-corrected chi connectivity index (χ4v) is 1.77. The Bertz CT molecular complexity index is 325. The van der Waals surface area contributed by atoms with Crippen molar-refractivity contribution in [3.8, 4) is 0 Å². The number of rotatable bonds is 3. The van der Waals surface area contributed by atoms with Gasteiger partial charge in [-0.05, 0) is 12.5 Å². The molecule has 0 aliphatic heterocycles. The topological polar surface area (TPSA) is 43.1 Å². The quantitative estimate of drug-likeness (QED) is 0.604. The van der Waals surface area contributed by atoms with Crippen LogP contribution in [-0.2, 0) is 6.42 Å². The number of hydrogen-bond donors (Lipinski definition) is 0. The highest BCUT2D eigenvalue weighted by molar-refractivity contribution is 9.10. The maximum Gasteiger partial charge on any atom is 0.273 e. The molecule has 0 aliphatic rings. The summed E-state index contributed by atoms with van der Waals surface area (Å²) in [5.74, 6) is 0. The number of hydrogen-bond acceptors (Lipinski definition) is 2. The first-order valence-corrected chi connectivity index (χ1v) is 4.88. The van der Waals surface area contributed by atoms with Crippen molar-refractivity contribution in [1.29, 1.82) is 0 Å². The van der Waals surface area contributed by atoms with Crippen molar-refractivity contribution in [2.45, 2.75) is 19.8 Å². The molecule has 0 unspecified atom stereocenters. The average molecular weight is 244 g/mol. The normalized spacial score (nSPS) is 10.0. The van der Waals surface area contributed by atoms with Gasteiger partial charge in [0.05, 0.1) is 4.92 Å². The van der Waals surface area contributed by atoms with Crippen molar-refractivity contribution in [1.82, 2.24) is 0 Å². The molecule has 0 heterocycles. The lowest BCUT2D eigenvalue weighted by atomic mass is 10.1. The van der Waals surface area contributed by atoms with Crippen LogP contribution in [0.2, 0.25) is 0 Å². The summed E-state index contributed by atoms with van der Waals surface area (Å²) in [5.41, 5.74) is 0.992. The molecule has 70 valence electrons. The Kier molecular flexibility index (Phi) is 3.42. The van der Waals surface area contributed by atoms with E-state index in [1.54, 1.807) is 6.07 Å². The highest BCUT2D eigenvalue weighted by atomic mass is 79.9. The zero-order valence-electron chi connectivity index (χ0n) is 7.29. The van der Waals surface area contributed by atoms with Crippen molar-refractivity contribution in [2.75, 3.05) is 0 Å². The van der Waals surface area contributed by atoms with Gasteiger partial charge in [0.25, 0.3) is 5.69 Å². The van der Waals surface area contributed by atoms with Crippen LogP contribution in [-0.4, -0.2) is 4.92 Å². The van der Waals surface area contributed by atoms with Gasteiger partial charge in [-0.25, -0.2) is 0 Å². The molecule has 0 aromatic heterocycles. The number of benzene rings is 1. The lowest BCUT2D eigenvalue weighted by Crippen LogP contribution is -1.95. The first-order valence-electron chi connectivity index (χ1n) is 4.08. The van der Waals surface area contributed by atoms with Crippen LogP contribution in [0.5, 0.6) is 0 Å². The van der Waals surface area contributed by atoms with Crippen LogP contribution < -0.4 is 0 Å². The molecule has 0 radical (unpaired) electrons. The van der Waals surface area contributed by atoms with Gasteiger partial charge in [-0.15, -0.1) is 0 Å². The maximum absolute atomic E-state index is 10.6. The van der Waals surface area contributed by atoms with Crippen LogP contribution in [0.3, 0.4) is 0 Å². The molecule has 0 saturated heterocycles. The second-order valence-electron chi connectivity index (χ2n) is 2.74. The van der Waals surface area contributed by atoms with E-state index in [9.17, 15) is 10.1 Å². The number of halogens is 1. The summed E-state index contributed by atoms with van der Waals surface area (Å²) in [6.45, 7) is 2.00. The number of nitrogens with zero attached hydrogens (tertiary/aromatic N) is 1. The smallest absolute Gasteiger partial charge is 0.258 e. The van der Waals surface area contributed by atoms with Crippen molar-refractivity contribution >= 4 is 21.6 Å². The van der Waals surface area contributed by atoms with Crippen LogP contribution in [0.1, 0.15) is 18.9 Å². The van der Waals surface area contributed by atoms with Crippen LogP contribution >= 0.6 is 15.9 Å². The van der Waals surface area contributed by atoms with Crippen molar-refractivity contribution in [2.24, 2.45) is 0 Å². The van der Waals surface area contributed by atoms with Crippen molar-refractivity contribution < 1.29 is 4.92 Å². The summed E-state index contributed by atoms with van der Waals surface area (Å²) >= 11 is 3.31. The molecular weight excluding hydrogens is 234 g/mol. The summed E-state index contributed by atoms with van der Waals surface area (Å²) in [5, 5.41) is 10.6. The predicted octanol–water partition coefficient (Wildman–Crippen LogP) is 3.31. The van der Waals surface area contributed by atoms with Gasteiger partial charge < -0.3 is 0 Å². The zero-order valence-corrected chi connectivity index (χ0v) is 8.87. The minimum absolute atomic E-state index is 0.205. The fourth-order valence-electron chi connectivity index (χ4n) is 1.22. The van der Waals surface area contributed by atoms with E-state index in [0.717, 1.165) is 22.9 Å². The number of nitro benzene ring substituents is 1. The van der Waals surface area contributed by atoms with Gasteiger partial charge in [-0.1, -0.05) is 35.3 Å². The van der Waals surface area contributed by atoms with Gasteiger partial charge in [0.1, 0.15) is 0 Å². The molecule has 1 aromatic rings. The molecule has 0 fully saturated rings. The van der Waals surface area contributed by atoms with Crippen molar-refractivity contribution in [3.05, 3.63) is 38.3 Å². The van der Waals surface area contributed by atoms with Gasteiger partial charge in [0.2, 0.25) is 0 Å². The maximum atomic E-state index is 10.6. The first-order chi connectivity index (χ1) is 6.16. The zero-order chi connectivity index (χ0) is 9.84. The molecule has 1 aromatic carbocycles. The van der Waals surface area contributed by atoms with E-state index in [-0.39, 0.29) is 10.6 Å². The van der Waals surface area contributed by atoms with E-state index in [4.69, 9.17) is 0 Å². The number of nitro groups is 1. The predicted molar refractivity (Wildman–Crippen MR) is 54.8 cm³/mol. The molecule has 0 bridgehead atoms. The third-order valence-corrected chi connectivity index (χ3v) is 2.53. The second kappa shape index (κ2) is 4.37. The Morgan fingerprint density at radius 3 is 2.77 bits per heavy atom. The molecule has 3 nitrogen and oxygen atoms in total. The molecule has 4 heteroatoms. The minimum atomic E-state index is -0.338. The summed E-state index contributed by atoms with van der Waals surface area (Å²) in [4.78, 5) is 10.3. The van der Waals surface area contributed by atoms with E-state index in [1.165, 1.54) is 6.07 Å². The minimum Gasteiger partial charge on any atom is -0.258 e. The van der Waals surface area contributed by atoms with Crippen LogP contribution in [0.15, 0.2) is 22.7 Å². The van der Waals surface area contributed by atoms with Gasteiger partial charge in [0, 0.05) is 16.1 Å². The van der Waals surface area contributed by atoms with Gasteiger partial charge >= 0.3 is 0 Å². The third kappa shape index (κ3) is 2.28. The molecule has 0 atom stereocenters. The van der Waals surface area contributed by atoms with Crippen LogP contribution in [0, 0.1) is 10.1 Å². The molecular formula is C9H10BrNO2. The summed E-state index contributed by atoms with van der Waals surface area (Å²) in [6.07, 6.45) is 1.64. The Balaban J connectivity index is 3.17. The lowest BCUT2D eigenvalue weighted by Gasteiger charge is -2.02. The third-order valence-electron chi connectivity index (χ3n) is 1.79. The lowest BCUT2D eigenvalue weighted by molar-refractivity contribution is -0.385. The first kappa shape index (κ1) is 10.2. The highest BCUT2D eigenvalue weighted by Crippen LogP contribution is 2.27. The van der Waals surface area contributed by atoms with Crippen LogP contribution in [0.4, 0.5) is 5.69 Å². The average Bonchev–Trinajstić information content (AvgIpc) is 2.08. The van der Waals surface area contributed by atoms with E-state index in [1.807, 2.05) is 13.0 Å². The molecule has 0 amide bonds. The molecule has 0 N–H and O–H groups in total. The summed E-state index contributed by atoms with van der Waals surface area (Å²) < 4.78 is 0.823. The molecule has 13 heavy (non-hydrogen) atoms. The SMILES string of the molecule is CCCc1c(Br)cccc1[N+](=O)[O-]. The molecule has 0 saturated carbocycles. The van der Waals surface area contributed by atoms with Gasteiger partial charge in [-0.3, -0.25) is 10.1 Å². The summed E-state index contributed by atoms with van der Waals surface area (Å²) in [6, 6.07) is 5.05.